The van der Waals surface area contributed by atoms with Crippen LogP contribution in [0.5, 0.6) is 0 Å². The molecule has 0 amide bonds. The van der Waals surface area contributed by atoms with Gasteiger partial charge in [-0.15, -0.1) is 0 Å². The molecular weight excluding hydrogens is 425 g/mol. The van der Waals surface area contributed by atoms with Crippen molar-refractivity contribution in [3.8, 4) is 0 Å². The minimum Gasteiger partial charge on any atom is -0.393 e. The highest BCUT2D eigenvalue weighted by Gasteiger charge is 2.38. The quantitative estimate of drug-likeness (QED) is 0.553. The van der Waals surface area contributed by atoms with Crippen LogP contribution < -0.4 is 20.9 Å². The number of hydrogen-bond donors (Lipinski definition) is 4. The van der Waals surface area contributed by atoms with Crippen molar-refractivity contribution >= 4 is 23.1 Å². The maximum atomic E-state index is 14.3. The summed E-state index contributed by atoms with van der Waals surface area (Å²) in [6, 6.07) is 1.38. The molecule has 1 saturated heterocycles. The van der Waals surface area contributed by atoms with Crippen LogP contribution in [-0.2, 0) is 4.74 Å². The number of halogens is 3. The van der Waals surface area contributed by atoms with E-state index in [1.807, 2.05) is 4.90 Å². The van der Waals surface area contributed by atoms with Crippen LogP contribution in [0.25, 0.3) is 0 Å². The third kappa shape index (κ3) is 4.14. The van der Waals surface area contributed by atoms with Gasteiger partial charge < -0.3 is 30.7 Å². The molecule has 3 heterocycles. The number of nitrogens with one attached hydrogen (secondary N) is 3. The highest BCUT2D eigenvalue weighted by Crippen LogP contribution is 2.37. The Morgan fingerprint density at radius 1 is 1.06 bits per heavy atom. The molecule has 2 atom stereocenters. The Hall–Kier alpha value is -2.79. The van der Waals surface area contributed by atoms with Crippen LogP contribution in [0.2, 0.25) is 0 Å². The lowest BCUT2D eigenvalue weighted by Crippen LogP contribution is -2.48. The largest absolute Gasteiger partial charge is 0.393 e. The van der Waals surface area contributed by atoms with E-state index in [-0.39, 0.29) is 18.2 Å². The van der Waals surface area contributed by atoms with Gasteiger partial charge in [-0.3, -0.25) is 0 Å². The molecule has 1 aromatic heterocycles. The van der Waals surface area contributed by atoms with Crippen LogP contribution in [-0.4, -0.2) is 52.8 Å². The van der Waals surface area contributed by atoms with Crippen molar-refractivity contribution in [3.05, 3.63) is 35.8 Å². The fraction of sp³-hybridized carbons (Fsp3) is 0.524. The summed E-state index contributed by atoms with van der Waals surface area (Å²) in [4.78, 5) is 11.0. The van der Waals surface area contributed by atoms with Gasteiger partial charge >= 0.3 is 0 Å². The third-order valence-corrected chi connectivity index (χ3v) is 6.20. The second-order valence-corrected chi connectivity index (χ2v) is 8.44. The van der Waals surface area contributed by atoms with E-state index in [2.05, 4.69) is 25.9 Å². The van der Waals surface area contributed by atoms with E-state index in [0.717, 1.165) is 32.1 Å². The van der Waals surface area contributed by atoms with Crippen LogP contribution in [0.15, 0.2) is 18.3 Å². The van der Waals surface area contributed by atoms with Gasteiger partial charge in [-0.2, -0.15) is 4.98 Å². The van der Waals surface area contributed by atoms with Gasteiger partial charge in [-0.25, -0.2) is 18.2 Å². The van der Waals surface area contributed by atoms with Gasteiger partial charge in [0.25, 0.3) is 0 Å². The third-order valence-electron chi connectivity index (χ3n) is 6.20. The molecule has 1 aromatic carbocycles. The van der Waals surface area contributed by atoms with Crippen molar-refractivity contribution in [2.45, 2.75) is 56.6 Å². The van der Waals surface area contributed by atoms with Gasteiger partial charge in [0.1, 0.15) is 11.5 Å². The molecule has 4 N–H and O–H groups in total. The van der Waals surface area contributed by atoms with Gasteiger partial charge in [-0.1, -0.05) is 0 Å². The number of rotatable bonds is 5. The number of aliphatic hydroxyl groups excluding tert-OH is 1. The summed E-state index contributed by atoms with van der Waals surface area (Å²) >= 11 is 0. The first kappa shape index (κ1) is 21.1. The number of aliphatic hydroxyl groups is 1. The maximum absolute atomic E-state index is 14.3. The zero-order chi connectivity index (χ0) is 22.2. The summed E-state index contributed by atoms with van der Waals surface area (Å²) in [5.41, 5.74) is 0.189. The molecule has 3 aliphatic rings. The molecule has 0 spiro atoms. The SMILES string of the molecule is OC1CCC(Nc2ncc3c(n2)N(C2CCOC2)C(Nc2c(F)cc(F)cc2F)N3)CC1. The Labute approximate surface area is 183 Å². The second-order valence-electron chi connectivity index (χ2n) is 8.44. The maximum Gasteiger partial charge on any atom is 0.224 e. The lowest BCUT2D eigenvalue weighted by atomic mass is 9.93. The Kier molecular flexibility index (Phi) is 5.68. The smallest absolute Gasteiger partial charge is 0.224 e. The average Bonchev–Trinajstić information content (AvgIpc) is 3.39. The summed E-state index contributed by atoms with van der Waals surface area (Å²) in [6.45, 7) is 1.02. The molecule has 0 radical (unpaired) electrons. The predicted octanol–water partition coefficient (Wildman–Crippen LogP) is 3.03. The van der Waals surface area contributed by atoms with E-state index >= 15 is 0 Å². The standard InChI is InChI=1S/C21H25F3N6O2/c22-11-7-15(23)18(16(24)8-11)28-21-27-17-9-25-20(26-12-1-3-14(31)4-2-12)29-19(17)30(21)13-5-6-32-10-13/h7-9,12-14,21,27-28,31H,1-6,10H2,(H,25,26,29). The lowest BCUT2D eigenvalue weighted by Gasteiger charge is -2.32. The normalized spacial score (nSPS) is 27.2. The summed E-state index contributed by atoms with van der Waals surface area (Å²) in [5.74, 6) is -1.97. The molecule has 2 fully saturated rings. The molecule has 172 valence electrons. The van der Waals surface area contributed by atoms with Crippen molar-refractivity contribution in [2.24, 2.45) is 0 Å². The number of hydrogen-bond acceptors (Lipinski definition) is 8. The van der Waals surface area contributed by atoms with Gasteiger partial charge in [0.05, 0.1) is 30.6 Å². The monoisotopic (exact) mass is 450 g/mol. The molecule has 1 aliphatic carbocycles. The Morgan fingerprint density at radius 2 is 1.81 bits per heavy atom. The first-order valence-corrected chi connectivity index (χ1v) is 10.8. The Bertz CT molecular complexity index is 959. The molecule has 0 bridgehead atoms. The average molecular weight is 450 g/mol. The van der Waals surface area contributed by atoms with Crippen molar-refractivity contribution in [3.63, 3.8) is 0 Å². The predicted molar refractivity (Wildman–Crippen MR) is 113 cm³/mol. The zero-order valence-electron chi connectivity index (χ0n) is 17.3. The summed E-state index contributed by atoms with van der Waals surface area (Å²) < 4.78 is 47.4. The molecule has 5 rings (SSSR count). The van der Waals surface area contributed by atoms with Gasteiger partial charge in [0, 0.05) is 24.8 Å². The van der Waals surface area contributed by atoms with E-state index in [9.17, 15) is 18.3 Å². The van der Waals surface area contributed by atoms with Crippen LogP contribution >= 0.6 is 0 Å². The van der Waals surface area contributed by atoms with Gasteiger partial charge in [0.15, 0.2) is 23.7 Å². The van der Waals surface area contributed by atoms with Crippen molar-refractivity contribution in [1.82, 2.24) is 9.97 Å². The molecule has 1 saturated carbocycles. The Morgan fingerprint density at radius 3 is 2.50 bits per heavy atom. The number of nitrogens with zero attached hydrogens (tertiary/aromatic N) is 3. The molecule has 11 heteroatoms. The summed E-state index contributed by atoms with van der Waals surface area (Å²) in [5, 5.41) is 19.0. The van der Waals surface area contributed by atoms with Crippen molar-refractivity contribution < 1.29 is 23.0 Å². The Balaban J connectivity index is 1.40. The molecular formula is C21H25F3N6O2. The molecule has 2 aliphatic heterocycles. The van der Waals surface area contributed by atoms with E-state index in [0.29, 0.717) is 42.8 Å². The molecule has 2 unspecified atom stereocenters. The zero-order valence-corrected chi connectivity index (χ0v) is 17.3. The highest BCUT2D eigenvalue weighted by molar-refractivity contribution is 5.74. The van der Waals surface area contributed by atoms with Crippen molar-refractivity contribution in [1.29, 1.82) is 0 Å². The molecule has 2 aromatic rings. The minimum absolute atomic E-state index is 0.0691. The number of ether oxygens (including phenoxy) is 1. The van der Waals surface area contributed by atoms with E-state index < -0.39 is 29.4 Å². The first-order chi connectivity index (χ1) is 15.5. The van der Waals surface area contributed by atoms with Crippen LogP contribution in [0.3, 0.4) is 0 Å². The minimum atomic E-state index is -1.02. The summed E-state index contributed by atoms with van der Waals surface area (Å²) in [6.07, 6.45) is 4.49. The number of fused-ring (bicyclic) bond motifs is 1. The lowest BCUT2D eigenvalue weighted by molar-refractivity contribution is 0.126. The number of aromatic nitrogens is 2. The summed E-state index contributed by atoms with van der Waals surface area (Å²) in [7, 11) is 0. The number of anilines is 4. The van der Waals surface area contributed by atoms with Crippen LogP contribution in [0.4, 0.5) is 36.3 Å². The van der Waals surface area contributed by atoms with Crippen LogP contribution in [0.1, 0.15) is 32.1 Å². The van der Waals surface area contributed by atoms with E-state index in [1.54, 1.807) is 6.20 Å². The highest BCUT2D eigenvalue weighted by atomic mass is 19.1. The fourth-order valence-corrected chi connectivity index (χ4v) is 4.53. The topological polar surface area (TPSA) is 94.6 Å². The number of benzene rings is 1. The molecule has 32 heavy (non-hydrogen) atoms. The molecule has 8 nitrogen and oxygen atoms in total. The van der Waals surface area contributed by atoms with Gasteiger partial charge in [-0.05, 0) is 32.1 Å². The van der Waals surface area contributed by atoms with E-state index in [1.165, 1.54) is 0 Å². The second kappa shape index (κ2) is 8.62. The fourth-order valence-electron chi connectivity index (χ4n) is 4.53. The van der Waals surface area contributed by atoms with Crippen LogP contribution in [0, 0.1) is 17.5 Å². The van der Waals surface area contributed by atoms with Gasteiger partial charge in [0.2, 0.25) is 5.95 Å². The van der Waals surface area contributed by atoms with Crippen molar-refractivity contribution in [2.75, 3.05) is 34.1 Å². The first-order valence-electron chi connectivity index (χ1n) is 10.8. The van der Waals surface area contributed by atoms with E-state index in [4.69, 9.17) is 4.74 Å².